The number of esters is 1. The van der Waals surface area contributed by atoms with Gasteiger partial charge in [0.2, 0.25) is 5.91 Å². The van der Waals surface area contributed by atoms with Gasteiger partial charge in [-0.25, -0.2) is 0 Å². The lowest BCUT2D eigenvalue weighted by Gasteiger charge is -2.25. The molecule has 0 bridgehead atoms. The van der Waals surface area contributed by atoms with E-state index in [1.54, 1.807) is 0 Å². The van der Waals surface area contributed by atoms with E-state index in [1.807, 2.05) is 24.3 Å². The van der Waals surface area contributed by atoms with Gasteiger partial charge in [-0.3, -0.25) is 9.59 Å². The largest absolute Gasteiger partial charge is 0.469 e. The standard InChI is InChI=1S/C16H20BrNO4/c1-21-15(19)10-14(11-2-4-13(17)5-3-11)18-16(20)12-6-8-22-9-7-12/h2-5,12,14H,6-10H2,1H3,(H,18,20). The first-order chi connectivity index (χ1) is 10.6. The molecule has 0 saturated carbocycles. The topological polar surface area (TPSA) is 64.6 Å². The molecule has 22 heavy (non-hydrogen) atoms. The second-order valence-electron chi connectivity index (χ2n) is 5.28. The van der Waals surface area contributed by atoms with Crippen LogP contribution in [0.15, 0.2) is 28.7 Å². The van der Waals surface area contributed by atoms with E-state index in [9.17, 15) is 9.59 Å². The smallest absolute Gasteiger partial charge is 0.307 e. The molecule has 1 aromatic rings. The summed E-state index contributed by atoms with van der Waals surface area (Å²) in [4.78, 5) is 24.0. The average molecular weight is 370 g/mol. The lowest BCUT2D eigenvalue weighted by Crippen LogP contribution is -2.37. The van der Waals surface area contributed by atoms with Crippen LogP contribution < -0.4 is 5.32 Å². The van der Waals surface area contributed by atoms with Gasteiger partial charge in [0, 0.05) is 23.6 Å². The number of methoxy groups -OCH3 is 1. The van der Waals surface area contributed by atoms with Gasteiger partial charge in [0.25, 0.3) is 0 Å². The number of ether oxygens (including phenoxy) is 2. The van der Waals surface area contributed by atoms with Crippen molar-refractivity contribution >= 4 is 27.8 Å². The lowest BCUT2D eigenvalue weighted by molar-refractivity contribution is -0.141. The van der Waals surface area contributed by atoms with Gasteiger partial charge in [-0.15, -0.1) is 0 Å². The average Bonchev–Trinajstić information content (AvgIpc) is 2.55. The van der Waals surface area contributed by atoms with E-state index in [4.69, 9.17) is 9.47 Å². The number of amides is 1. The van der Waals surface area contributed by atoms with Crippen LogP contribution in [0.1, 0.15) is 30.9 Å². The van der Waals surface area contributed by atoms with Crippen LogP contribution in [0.3, 0.4) is 0 Å². The van der Waals surface area contributed by atoms with Crippen LogP contribution in [-0.2, 0) is 19.1 Å². The van der Waals surface area contributed by atoms with Crippen LogP contribution in [0.5, 0.6) is 0 Å². The van der Waals surface area contributed by atoms with Gasteiger partial charge in [0.15, 0.2) is 0 Å². The number of carbonyl (C=O) groups is 2. The molecule has 1 fully saturated rings. The molecule has 6 heteroatoms. The van der Waals surface area contributed by atoms with Crippen LogP contribution in [0, 0.1) is 5.92 Å². The Hall–Kier alpha value is -1.40. The molecule has 2 rings (SSSR count). The summed E-state index contributed by atoms with van der Waals surface area (Å²) in [6.07, 6.45) is 1.56. The maximum atomic E-state index is 12.4. The van der Waals surface area contributed by atoms with Crippen molar-refractivity contribution in [3.05, 3.63) is 34.3 Å². The summed E-state index contributed by atoms with van der Waals surface area (Å²) in [5.74, 6) is -0.426. The zero-order valence-corrected chi connectivity index (χ0v) is 14.1. The third-order valence-electron chi connectivity index (χ3n) is 3.78. The van der Waals surface area contributed by atoms with E-state index >= 15 is 0 Å². The first-order valence-corrected chi connectivity index (χ1v) is 8.10. The van der Waals surface area contributed by atoms with Gasteiger partial charge in [-0.1, -0.05) is 28.1 Å². The van der Waals surface area contributed by atoms with E-state index in [-0.39, 0.29) is 30.3 Å². The maximum Gasteiger partial charge on any atom is 0.307 e. The fraction of sp³-hybridized carbons (Fsp3) is 0.500. The van der Waals surface area contributed by atoms with E-state index in [2.05, 4.69) is 21.2 Å². The summed E-state index contributed by atoms with van der Waals surface area (Å²) < 4.78 is 11.0. The molecule has 1 saturated heterocycles. The Bertz CT molecular complexity index is 511. The minimum Gasteiger partial charge on any atom is -0.469 e. The molecule has 1 aromatic carbocycles. The molecule has 1 heterocycles. The molecule has 1 amide bonds. The van der Waals surface area contributed by atoms with Gasteiger partial charge in [-0.2, -0.15) is 0 Å². The number of halogens is 1. The molecular weight excluding hydrogens is 350 g/mol. The Labute approximate surface area is 138 Å². The van der Waals surface area contributed by atoms with Gasteiger partial charge in [-0.05, 0) is 30.5 Å². The predicted octanol–water partition coefficient (Wildman–Crippen LogP) is 2.60. The molecule has 1 aliphatic heterocycles. The van der Waals surface area contributed by atoms with Crippen molar-refractivity contribution in [3.63, 3.8) is 0 Å². The highest BCUT2D eigenvalue weighted by molar-refractivity contribution is 9.10. The second-order valence-corrected chi connectivity index (χ2v) is 6.20. The monoisotopic (exact) mass is 369 g/mol. The number of hydrogen-bond acceptors (Lipinski definition) is 4. The summed E-state index contributed by atoms with van der Waals surface area (Å²) in [6, 6.07) is 7.18. The van der Waals surface area contributed by atoms with E-state index in [0.717, 1.165) is 22.9 Å². The zero-order chi connectivity index (χ0) is 15.9. The first kappa shape index (κ1) is 17.0. The molecular formula is C16H20BrNO4. The fourth-order valence-corrected chi connectivity index (χ4v) is 2.71. The molecule has 0 spiro atoms. The Kier molecular flexibility index (Phi) is 6.39. The summed E-state index contributed by atoms with van der Waals surface area (Å²) >= 11 is 3.38. The van der Waals surface area contributed by atoms with Crippen molar-refractivity contribution < 1.29 is 19.1 Å². The summed E-state index contributed by atoms with van der Waals surface area (Å²) in [7, 11) is 1.35. The van der Waals surface area contributed by atoms with Crippen molar-refractivity contribution in [3.8, 4) is 0 Å². The van der Waals surface area contributed by atoms with Crippen LogP contribution >= 0.6 is 15.9 Å². The predicted molar refractivity (Wildman–Crippen MR) is 85.2 cm³/mol. The highest BCUT2D eigenvalue weighted by Gasteiger charge is 2.25. The van der Waals surface area contributed by atoms with Crippen molar-refractivity contribution in [1.29, 1.82) is 0 Å². The number of benzene rings is 1. The van der Waals surface area contributed by atoms with Gasteiger partial charge >= 0.3 is 5.97 Å². The second kappa shape index (κ2) is 8.29. The molecule has 120 valence electrons. The molecule has 0 aromatic heterocycles. The van der Waals surface area contributed by atoms with Crippen LogP contribution in [0.4, 0.5) is 0 Å². The molecule has 1 aliphatic rings. The minimum absolute atomic E-state index is 0.0277. The van der Waals surface area contributed by atoms with Gasteiger partial charge in [0.1, 0.15) is 0 Å². The van der Waals surface area contributed by atoms with Crippen LogP contribution in [-0.4, -0.2) is 32.2 Å². The summed E-state index contributed by atoms with van der Waals surface area (Å²) in [5, 5.41) is 2.98. The van der Waals surface area contributed by atoms with E-state index < -0.39 is 0 Å². The Morgan fingerprint density at radius 3 is 2.55 bits per heavy atom. The Balaban J connectivity index is 2.07. The molecule has 0 aliphatic carbocycles. The minimum atomic E-state index is -0.379. The first-order valence-electron chi connectivity index (χ1n) is 7.30. The highest BCUT2D eigenvalue weighted by Crippen LogP contribution is 2.22. The summed E-state index contributed by atoms with van der Waals surface area (Å²) in [5.41, 5.74) is 0.883. The van der Waals surface area contributed by atoms with Crippen LogP contribution in [0.2, 0.25) is 0 Å². The van der Waals surface area contributed by atoms with Crippen molar-refractivity contribution in [2.24, 2.45) is 5.92 Å². The van der Waals surface area contributed by atoms with Crippen molar-refractivity contribution in [1.82, 2.24) is 5.32 Å². The van der Waals surface area contributed by atoms with Gasteiger partial charge in [0.05, 0.1) is 19.6 Å². The molecule has 1 unspecified atom stereocenters. The van der Waals surface area contributed by atoms with E-state index in [1.165, 1.54) is 7.11 Å². The highest BCUT2D eigenvalue weighted by atomic mass is 79.9. The van der Waals surface area contributed by atoms with Crippen molar-refractivity contribution in [2.45, 2.75) is 25.3 Å². The van der Waals surface area contributed by atoms with E-state index in [0.29, 0.717) is 13.2 Å². The number of rotatable bonds is 5. The van der Waals surface area contributed by atoms with Crippen molar-refractivity contribution in [2.75, 3.05) is 20.3 Å². The molecule has 1 N–H and O–H groups in total. The zero-order valence-electron chi connectivity index (χ0n) is 12.5. The fourth-order valence-electron chi connectivity index (χ4n) is 2.45. The summed E-state index contributed by atoms with van der Waals surface area (Å²) in [6.45, 7) is 1.22. The lowest BCUT2D eigenvalue weighted by atomic mass is 9.97. The number of hydrogen-bond donors (Lipinski definition) is 1. The number of carbonyl (C=O) groups excluding carboxylic acids is 2. The van der Waals surface area contributed by atoms with Crippen LogP contribution in [0.25, 0.3) is 0 Å². The third-order valence-corrected chi connectivity index (χ3v) is 4.31. The molecule has 5 nitrogen and oxygen atoms in total. The number of nitrogens with one attached hydrogen (secondary N) is 1. The molecule has 1 atom stereocenters. The maximum absolute atomic E-state index is 12.4. The Morgan fingerprint density at radius 1 is 1.32 bits per heavy atom. The van der Waals surface area contributed by atoms with Gasteiger partial charge < -0.3 is 14.8 Å². The SMILES string of the molecule is COC(=O)CC(NC(=O)C1CCOCC1)c1ccc(Br)cc1. The normalized spacial score (nSPS) is 16.8. The quantitative estimate of drug-likeness (QED) is 0.810. The third kappa shape index (κ3) is 4.81. The molecule has 0 radical (unpaired) electrons. The Morgan fingerprint density at radius 2 is 1.95 bits per heavy atom.